The predicted octanol–water partition coefficient (Wildman–Crippen LogP) is 3.24. The molecule has 0 spiro atoms. The molecule has 6 heteroatoms. The van der Waals surface area contributed by atoms with Crippen LogP contribution in [0.4, 0.5) is 13.2 Å². The van der Waals surface area contributed by atoms with Crippen molar-refractivity contribution in [3.63, 3.8) is 0 Å². The van der Waals surface area contributed by atoms with Gasteiger partial charge in [0.2, 0.25) is 0 Å². The highest BCUT2D eigenvalue weighted by molar-refractivity contribution is 7.11. The highest BCUT2D eigenvalue weighted by atomic mass is 32.1. The lowest BCUT2D eigenvalue weighted by atomic mass is 10.3. The van der Waals surface area contributed by atoms with Gasteiger partial charge >= 0.3 is 6.18 Å². The van der Waals surface area contributed by atoms with Gasteiger partial charge < -0.3 is 5.32 Å². The molecular weight excluding hydrogens is 261 g/mol. The molecule has 1 heterocycles. The van der Waals surface area contributed by atoms with Crippen LogP contribution in [-0.2, 0) is 13.1 Å². The van der Waals surface area contributed by atoms with Crippen molar-refractivity contribution >= 4 is 11.3 Å². The van der Waals surface area contributed by atoms with E-state index in [4.69, 9.17) is 0 Å². The van der Waals surface area contributed by atoms with Crippen LogP contribution in [0.2, 0.25) is 0 Å². The minimum absolute atomic E-state index is 0.124. The molecule has 0 bridgehead atoms. The zero-order valence-corrected chi connectivity index (χ0v) is 11.7. The lowest BCUT2D eigenvalue weighted by Crippen LogP contribution is -2.38. The van der Waals surface area contributed by atoms with E-state index in [1.807, 2.05) is 19.2 Å². The predicted molar refractivity (Wildman–Crippen MR) is 68.7 cm³/mol. The molecule has 104 valence electrons. The Hall–Kier alpha value is -0.590. The van der Waals surface area contributed by atoms with Crippen LogP contribution in [0.5, 0.6) is 0 Å². The summed E-state index contributed by atoms with van der Waals surface area (Å²) < 4.78 is 37.3. The van der Waals surface area contributed by atoms with Gasteiger partial charge in [-0.25, -0.2) is 0 Å². The van der Waals surface area contributed by atoms with Crippen LogP contribution < -0.4 is 5.32 Å². The molecule has 0 saturated carbocycles. The zero-order valence-electron chi connectivity index (χ0n) is 10.8. The molecule has 1 aromatic heterocycles. The van der Waals surface area contributed by atoms with Gasteiger partial charge in [-0.3, -0.25) is 4.90 Å². The molecule has 0 aliphatic rings. The number of thiophene rings is 1. The number of nitrogens with zero attached hydrogens (tertiary/aromatic N) is 1. The summed E-state index contributed by atoms with van der Waals surface area (Å²) in [6.45, 7) is 3.82. The van der Waals surface area contributed by atoms with E-state index in [9.17, 15) is 13.2 Å². The summed E-state index contributed by atoms with van der Waals surface area (Å²) in [5.74, 6) is 0. The minimum atomic E-state index is -4.14. The molecule has 1 aromatic rings. The molecule has 18 heavy (non-hydrogen) atoms. The molecule has 0 saturated heterocycles. The molecule has 0 aliphatic heterocycles. The summed E-state index contributed by atoms with van der Waals surface area (Å²) >= 11 is 1.56. The van der Waals surface area contributed by atoms with Crippen molar-refractivity contribution in [2.24, 2.45) is 0 Å². The number of halogens is 3. The smallest absolute Gasteiger partial charge is 0.315 e. The van der Waals surface area contributed by atoms with Crippen LogP contribution in [-0.4, -0.2) is 30.7 Å². The van der Waals surface area contributed by atoms with Gasteiger partial charge in [-0.2, -0.15) is 13.2 Å². The first-order valence-corrected chi connectivity index (χ1v) is 6.66. The summed E-state index contributed by atoms with van der Waals surface area (Å²) in [6, 6.07) is 3.74. The number of rotatable bonds is 6. The Morgan fingerprint density at radius 1 is 1.28 bits per heavy atom. The van der Waals surface area contributed by atoms with E-state index in [1.165, 1.54) is 4.90 Å². The van der Waals surface area contributed by atoms with E-state index in [0.717, 1.165) is 16.3 Å². The number of hydrogen-bond donors (Lipinski definition) is 1. The maximum Gasteiger partial charge on any atom is 0.401 e. The van der Waals surface area contributed by atoms with Gasteiger partial charge in [0, 0.05) is 28.9 Å². The van der Waals surface area contributed by atoms with Crippen LogP contribution in [0.25, 0.3) is 0 Å². The third-order valence-electron chi connectivity index (χ3n) is 2.54. The average Bonchev–Trinajstić information content (AvgIpc) is 2.63. The van der Waals surface area contributed by atoms with E-state index >= 15 is 0 Å². The molecule has 1 rings (SSSR count). The Morgan fingerprint density at radius 3 is 2.39 bits per heavy atom. The maximum absolute atomic E-state index is 12.4. The maximum atomic E-state index is 12.4. The quantitative estimate of drug-likeness (QED) is 0.860. The molecule has 0 atom stereocenters. The fourth-order valence-corrected chi connectivity index (χ4v) is 2.68. The van der Waals surface area contributed by atoms with Crippen LogP contribution >= 0.6 is 11.3 Å². The Morgan fingerprint density at radius 2 is 1.89 bits per heavy atom. The molecule has 0 amide bonds. The van der Waals surface area contributed by atoms with E-state index < -0.39 is 12.7 Å². The van der Waals surface area contributed by atoms with Crippen LogP contribution in [0.3, 0.4) is 0 Å². The Labute approximate surface area is 110 Å². The second kappa shape index (κ2) is 6.54. The van der Waals surface area contributed by atoms with Crippen molar-refractivity contribution in [1.82, 2.24) is 10.2 Å². The second-order valence-electron chi connectivity index (χ2n) is 4.51. The summed E-state index contributed by atoms with van der Waals surface area (Å²) in [7, 11) is 1.85. The Kier molecular flexibility index (Phi) is 5.62. The van der Waals surface area contributed by atoms with Crippen molar-refractivity contribution < 1.29 is 13.2 Å². The molecule has 2 nitrogen and oxygen atoms in total. The SMILES string of the molecule is CNCc1ccc(CN(CC(F)(F)F)C(C)C)s1. The number of hydrogen-bond acceptors (Lipinski definition) is 3. The summed E-state index contributed by atoms with van der Waals surface area (Å²) in [5.41, 5.74) is 0. The van der Waals surface area contributed by atoms with Crippen molar-refractivity contribution in [3.8, 4) is 0 Å². The molecule has 0 aliphatic carbocycles. The minimum Gasteiger partial charge on any atom is -0.315 e. The number of alkyl halides is 3. The second-order valence-corrected chi connectivity index (χ2v) is 5.77. The van der Waals surface area contributed by atoms with Crippen molar-refractivity contribution in [1.29, 1.82) is 0 Å². The Bertz CT molecular complexity index is 360. The standard InChI is InChI=1S/C12H19F3N2S/c1-9(2)17(8-12(13,14)15)7-11-5-4-10(18-11)6-16-3/h4-5,9,16H,6-8H2,1-3H3. The van der Waals surface area contributed by atoms with E-state index in [0.29, 0.717) is 6.54 Å². The van der Waals surface area contributed by atoms with Gasteiger partial charge in [0.1, 0.15) is 0 Å². The average molecular weight is 280 g/mol. The monoisotopic (exact) mass is 280 g/mol. The first-order valence-electron chi connectivity index (χ1n) is 5.85. The zero-order chi connectivity index (χ0) is 13.8. The summed E-state index contributed by atoms with van der Waals surface area (Å²) in [5, 5.41) is 3.03. The van der Waals surface area contributed by atoms with Crippen LogP contribution in [0.1, 0.15) is 23.6 Å². The van der Waals surface area contributed by atoms with E-state index in [1.54, 1.807) is 25.2 Å². The normalized spacial score (nSPS) is 12.7. The molecule has 0 fully saturated rings. The number of nitrogens with one attached hydrogen (secondary N) is 1. The lowest BCUT2D eigenvalue weighted by Gasteiger charge is -2.26. The summed E-state index contributed by atoms with van der Waals surface area (Å²) in [6.07, 6.45) is -4.14. The molecule has 1 N–H and O–H groups in total. The Balaban J connectivity index is 2.65. The fourth-order valence-electron chi connectivity index (χ4n) is 1.63. The highest BCUT2D eigenvalue weighted by Gasteiger charge is 2.31. The molecule has 0 radical (unpaired) electrons. The fraction of sp³-hybridized carbons (Fsp3) is 0.667. The lowest BCUT2D eigenvalue weighted by molar-refractivity contribution is -0.150. The first kappa shape index (κ1) is 15.5. The van der Waals surface area contributed by atoms with Gasteiger partial charge in [0.05, 0.1) is 6.54 Å². The first-order chi connectivity index (χ1) is 8.31. The van der Waals surface area contributed by atoms with Gasteiger partial charge in [-0.05, 0) is 33.0 Å². The van der Waals surface area contributed by atoms with Gasteiger partial charge in [0.25, 0.3) is 0 Å². The topological polar surface area (TPSA) is 15.3 Å². The van der Waals surface area contributed by atoms with Crippen molar-refractivity contribution in [2.45, 2.75) is 39.2 Å². The van der Waals surface area contributed by atoms with Crippen molar-refractivity contribution in [2.75, 3.05) is 13.6 Å². The van der Waals surface area contributed by atoms with Gasteiger partial charge in [-0.15, -0.1) is 11.3 Å². The van der Waals surface area contributed by atoms with Crippen LogP contribution in [0, 0.1) is 0 Å². The molecular formula is C12H19F3N2S. The third-order valence-corrected chi connectivity index (χ3v) is 3.61. The van der Waals surface area contributed by atoms with Crippen LogP contribution in [0.15, 0.2) is 12.1 Å². The molecule has 0 unspecified atom stereocenters. The highest BCUT2D eigenvalue weighted by Crippen LogP contribution is 2.23. The van der Waals surface area contributed by atoms with Crippen molar-refractivity contribution in [3.05, 3.63) is 21.9 Å². The van der Waals surface area contributed by atoms with E-state index in [-0.39, 0.29) is 6.04 Å². The summed E-state index contributed by atoms with van der Waals surface area (Å²) in [4.78, 5) is 3.55. The largest absolute Gasteiger partial charge is 0.401 e. The van der Waals surface area contributed by atoms with Gasteiger partial charge in [0.15, 0.2) is 0 Å². The molecule has 0 aromatic carbocycles. The van der Waals surface area contributed by atoms with Gasteiger partial charge in [-0.1, -0.05) is 0 Å². The van der Waals surface area contributed by atoms with E-state index in [2.05, 4.69) is 5.32 Å². The third kappa shape index (κ3) is 5.37.